The first-order valence-electron chi connectivity index (χ1n) is 6.06. The van der Waals surface area contributed by atoms with Gasteiger partial charge in [0.2, 0.25) is 5.91 Å². The summed E-state index contributed by atoms with van der Waals surface area (Å²) in [6.45, 7) is 5.61. The van der Waals surface area contributed by atoms with Crippen molar-refractivity contribution in [2.45, 2.75) is 38.0 Å². The van der Waals surface area contributed by atoms with E-state index < -0.39 is 5.41 Å². The van der Waals surface area contributed by atoms with Crippen molar-refractivity contribution in [1.29, 1.82) is 0 Å². The van der Waals surface area contributed by atoms with E-state index in [9.17, 15) is 9.59 Å². The van der Waals surface area contributed by atoms with Crippen LogP contribution in [0.4, 0.5) is 0 Å². The molecule has 2 amide bonds. The quantitative estimate of drug-likeness (QED) is 0.658. The third-order valence-electron chi connectivity index (χ3n) is 3.47. The highest BCUT2D eigenvalue weighted by Crippen LogP contribution is 2.35. The minimum absolute atomic E-state index is 0.173. The highest BCUT2D eigenvalue weighted by Gasteiger charge is 2.45. The van der Waals surface area contributed by atoms with E-state index in [4.69, 9.17) is 0 Å². The summed E-state index contributed by atoms with van der Waals surface area (Å²) < 4.78 is 0. The Kier molecular flexibility index (Phi) is 3.23. The monoisotopic (exact) mass is 263 g/mol. The molecule has 1 heterocycles. The molecule has 18 heavy (non-hydrogen) atoms. The van der Waals surface area contributed by atoms with Gasteiger partial charge in [0.05, 0.1) is 10.8 Å². The Morgan fingerprint density at radius 2 is 1.89 bits per heavy atom. The summed E-state index contributed by atoms with van der Waals surface area (Å²) in [5, 5.41) is -0.363. The molecule has 1 aliphatic rings. The van der Waals surface area contributed by atoms with Crippen molar-refractivity contribution in [3.63, 3.8) is 0 Å². The van der Waals surface area contributed by atoms with Gasteiger partial charge in [-0.25, -0.2) is 0 Å². The number of imide groups is 1. The number of benzene rings is 1. The maximum Gasteiger partial charge on any atom is 0.261 e. The van der Waals surface area contributed by atoms with Crippen molar-refractivity contribution >= 4 is 24.4 Å². The van der Waals surface area contributed by atoms with E-state index in [0.717, 1.165) is 5.56 Å². The minimum atomic E-state index is -0.680. The topological polar surface area (TPSA) is 37.4 Å². The second-order valence-electron chi connectivity index (χ2n) is 5.04. The molecule has 0 saturated heterocycles. The molecule has 0 spiro atoms. The van der Waals surface area contributed by atoms with Crippen LogP contribution in [0.5, 0.6) is 0 Å². The van der Waals surface area contributed by atoms with Crippen LogP contribution in [0.3, 0.4) is 0 Å². The van der Waals surface area contributed by atoms with E-state index in [1.807, 2.05) is 39.0 Å². The van der Waals surface area contributed by atoms with E-state index in [1.54, 1.807) is 6.07 Å². The minimum Gasteiger partial charge on any atom is -0.273 e. The largest absolute Gasteiger partial charge is 0.273 e. The van der Waals surface area contributed by atoms with Crippen LogP contribution in [-0.2, 0) is 10.2 Å². The maximum atomic E-state index is 12.5. The Bertz CT molecular complexity index is 510. The lowest BCUT2D eigenvalue weighted by Crippen LogP contribution is -2.54. The first-order chi connectivity index (χ1) is 8.41. The zero-order valence-electron chi connectivity index (χ0n) is 10.8. The maximum absolute atomic E-state index is 12.5. The summed E-state index contributed by atoms with van der Waals surface area (Å²) in [6.07, 6.45) is 0.638. The molecule has 96 valence electrons. The Balaban J connectivity index is 2.61. The second kappa shape index (κ2) is 4.43. The van der Waals surface area contributed by atoms with Gasteiger partial charge in [-0.3, -0.25) is 14.5 Å². The zero-order valence-corrected chi connectivity index (χ0v) is 11.7. The van der Waals surface area contributed by atoms with Gasteiger partial charge in [0, 0.05) is 5.56 Å². The predicted octanol–water partition coefficient (Wildman–Crippen LogP) is 2.61. The highest BCUT2D eigenvalue weighted by atomic mass is 32.1. The van der Waals surface area contributed by atoms with Crippen LogP contribution in [0.25, 0.3) is 0 Å². The fourth-order valence-electron chi connectivity index (χ4n) is 2.31. The van der Waals surface area contributed by atoms with Crippen LogP contribution in [-0.4, -0.2) is 22.1 Å². The smallest absolute Gasteiger partial charge is 0.261 e. The molecule has 0 radical (unpaired) electrons. The normalized spacial score (nSPS) is 19.7. The van der Waals surface area contributed by atoms with E-state index in [0.29, 0.717) is 12.0 Å². The van der Waals surface area contributed by atoms with Gasteiger partial charge in [-0.2, -0.15) is 12.6 Å². The van der Waals surface area contributed by atoms with Crippen molar-refractivity contribution in [3.05, 3.63) is 35.4 Å². The van der Waals surface area contributed by atoms with Crippen LogP contribution >= 0.6 is 12.6 Å². The molecule has 1 aromatic carbocycles. The number of fused-ring (bicyclic) bond motifs is 1. The number of hydrogen-bond donors (Lipinski definition) is 1. The predicted molar refractivity (Wildman–Crippen MR) is 73.7 cm³/mol. The van der Waals surface area contributed by atoms with Crippen LogP contribution in [0, 0.1) is 0 Å². The van der Waals surface area contributed by atoms with Gasteiger partial charge >= 0.3 is 0 Å². The molecule has 1 unspecified atom stereocenters. The Morgan fingerprint density at radius 3 is 2.50 bits per heavy atom. The van der Waals surface area contributed by atoms with Crippen LogP contribution in [0.2, 0.25) is 0 Å². The van der Waals surface area contributed by atoms with Gasteiger partial charge in [0.25, 0.3) is 5.91 Å². The van der Waals surface area contributed by atoms with Crippen molar-refractivity contribution in [1.82, 2.24) is 4.90 Å². The Labute approximate surface area is 113 Å². The van der Waals surface area contributed by atoms with Gasteiger partial charge in [-0.05, 0) is 31.9 Å². The lowest BCUT2D eigenvalue weighted by molar-refractivity contribution is -0.134. The molecule has 1 aromatic rings. The summed E-state index contributed by atoms with van der Waals surface area (Å²) in [5.74, 6) is -0.412. The third kappa shape index (κ3) is 1.75. The van der Waals surface area contributed by atoms with Gasteiger partial charge in [0.1, 0.15) is 0 Å². The second-order valence-corrected chi connectivity index (χ2v) is 5.64. The molecule has 0 saturated carbocycles. The van der Waals surface area contributed by atoms with Gasteiger partial charge in [-0.15, -0.1) is 0 Å². The van der Waals surface area contributed by atoms with Crippen molar-refractivity contribution < 1.29 is 9.59 Å². The van der Waals surface area contributed by atoms with Crippen LogP contribution in [0.15, 0.2) is 24.3 Å². The van der Waals surface area contributed by atoms with Crippen molar-refractivity contribution in [2.75, 3.05) is 0 Å². The number of carbonyl (C=O) groups excluding carboxylic acids is 2. The van der Waals surface area contributed by atoms with Crippen molar-refractivity contribution in [3.8, 4) is 0 Å². The van der Waals surface area contributed by atoms with E-state index in [2.05, 4.69) is 12.6 Å². The lowest BCUT2D eigenvalue weighted by atomic mass is 9.77. The fraction of sp³-hybridized carbons (Fsp3) is 0.429. The molecular formula is C14H17NO2S. The molecule has 2 rings (SSSR count). The number of amides is 2. The van der Waals surface area contributed by atoms with Gasteiger partial charge in [0.15, 0.2) is 0 Å². The summed E-state index contributed by atoms with van der Waals surface area (Å²) in [5.41, 5.74) is 0.725. The molecule has 1 aliphatic heterocycles. The van der Waals surface area contributed by atoms with Crippen LogP contribution in [0.1, 0.15) is 43.1 Å². The SMILES string of the molecule is CCC(S)N1C(=O)c2ccccc2C(C)(C)C1=O. The van der Waals surface area contributed by atoms with E-state index >= 15 is 0 Å². The van der Waals surface area contributed by atoms with Gasteiger partial charge in [-0.1, -0.05) is 25.1 Å². The van der Waals surface area contributed by atoms with Crippen molar-refractivity contribution in [2.24, 2.45) is 0 Å². The summed E-state index contributed by atoms with van der Waals surface area (Å²) in [6, 6.07) is 7.30. The molecule has 0 aromatic heterocycles. The fourth-order valence-corrected chi connectivity index (χ4v) is 2.52. The molecule has 3 nitrogen and oxygen atoms in total. The number of thiol groups is 1. The average molecular weight is 263 g/mol. The zero-order chi connectivity index (χ0) is 13.5. The van der Waals surface area contributed by atoms with Crippen LogP contribution < -0.4 is 0 Å². The number of rotatable bonds is 2. The standard InChI is InChI=1S/C14H17NO2S/c1-4-11(18)15-12(16)9-7-5-6-8-10(9)14(2,3)13(15)17/h5-8,11,18H,4H2,1-3H3. The van der Waals surface area contributed by atoms with E-state index in [-0.39, 0.29) is 17.2 Å². The molecule has 0 fully saturated rings. The molecule has 0 aliphatic carbocycles. The first kappa shape index (κ1) is 13.1. The molecule has 4 heteroatoms. The summed E-state index contributed by atoms with van der Waals surface area (Å²) >= 11 is 4.35. The summed E-state index contributed by atoms with van der Waals surface area (Å²) in [4.78, 5) is 26.1. The van der Waals surface area contributed by atoms with E-state index in [1.165, 1.54) is 4.90 Å². The lowest BCUT2D eigenvalue weighted by Gasteiger charge is -2.39. The number of hydrogen-bond acceptors (Lipinski definition) is 3. The molecular weight excluding hydrogens is 246 g/mol. The van der Waals surface area contributed by atoms with Gasteiger partial charge < -0.3 is 0 Å². The molecule has 0 bridgehead atoms. The molecule has 1 atom stereocenters. The summed E-state index contributed by atoms with van der Waals surface area (Å²) in [7, 11) is 0. The Morgan fingerprint density at radius 1 is 1.28 bits per heavy atom. The molecule has 0 N–H and O–H groups in total. The third-order valence-corrected chi connectivity index (χ3v) is 4.06. The Hall–Kier alpha value is -1.29. The number of nitrogens with zero attached hydrogens (tertiary/aromatic N) is 1. The highest BCUT2D eigenvalue weighted by molar-refractivity contribution is 7.80. The first-order valence-corrected chi connectivity index (χ1v) is 6.58. The number of carbonyl (C=O) groups is 2. The average Bonchev–Trinajstić information content (AvgIpc) is 2.37.